The molecule has 0 aliphatic carbocycles. The molecule has 0 aromatic carbocycles. The molecule has 0 aliphatic heterocycles. The van der Waals surface area contributed by atoms with Gasteiger partial charge in [-0.1, -0.05) is 18.7 Å². The van der Waals surface area contributed by atoms with Crippen molar-refractivity contribution in [3.63, 3.8) is 0 Å². The smallest absolute Gasteiger partial charge is 0.151 e. The average Bonchev–Trinajstić information content (AvgIpc) is 2.58. The first-order chi connectivity index (χ1) is 6.83. The summed E-state index contributed by atoms with van der Waals surface area (Å²) in [5.74, 6) is 0. The van der Waals surface area contributed by atoms with Crippen molar-refractivity contribution in [2.24, 2.45) is 0 Å². The van der Waals surface area contributed by atoms with Gasteiger partial charge in [0.15, 0.2) is 6.29 Å². The summed E-state index contributed by atoms with van der Waals surface area (Å²) in [7, 11) is 1.60. The van der Waals surface area contributed by atoms with Crippen LogP contribution in [0.2, 0.25) is 0 Å². The summed E-state index contributed by atoms with van der Waals surface area (Å²) < 4.78 is 5.01. The number of aldehydes is 1. The molecule has 1 aromatic rings. The lowest BCUT2D eigenvalue weighted by Gasteiger charge is -1.99. The zero-order valence-electron chi connectivity index (χ0n) is 8.12. The van der Waals surface area contributed by atoms with Gasteiger partial charge in [0, 0.05) is 30.1 Å². The Morgan fingerprint density at radius 3 is 3.00 bits per heavy atom. The minimum absolute atomic E-state index is 0.425. The first kappa shape index (κ1) is 10.5. The quantitative estimate of drug-likeness (QED) is 0.572. The lowest BCUT2D eigenvalue weighted by Crippen LogP contribution is -1.92. The molecule has 1 heterocycles. The molecular weight excluding hydrogens is 178 g/mol. The van der Waals surface area contributed by atoms with Crippen LogP contribution in [-0.4, -0.2) is 18.4 Å². The van der Waals surface area contributed by atoms with Crippen molar-refractivity contribution in [3.05, 3.63) is 41.7 Å². The molecule has 0 bridgehead atoms. The van der Waals surface area contributed by atoms with Crippen LogP contribution in [0.4, 0.5) is 0 Å². The van der Waals surface area contributed by atoms with E-state index in [2.05, 4.69) is 11.6 Å². The third-order valence-corrected chi connectivity index (χ3v) is 1.87. The van der Waals surface area contributed by atoms with Crippen molar-refractivity contribution >= 4 is 12.4 Å². The van der Waals surface area contributed by atoms with Gasteiger partial charge >= 0.3 is 0 Å². The molecule has 74 valence electrons. The summed E-state index contributed by atoms with van der Waals surface area (Å²) in [6.45, 7) is 4.00. The Balaban J connectivity index is 3.02. The Morgan fingerprint density at radius 1 is 1.64 bits per heavy atom. The van der Waals surface area contributed by atoms with E-state index in [1.54, 1.807) is 25.5 Å². The summed E-state index contributed by atoms with van der Waals surface area (Å²) in [6.07, 6.45) is 7.83. The van der Waals surface area contributed by atoms with Crippen molar-refractivity contribution in [2.75, 3.05) is 7.11 Å². The predicted octanol–water partition coefficient (Wildman–Crippen LogP) is 2.17. The van der Waals surface area contributed by atoms with E-state index < -0.39 is 0 Å². The van der Waals surface area contributed by atoms with Crippen LogP contribution < -0.4 is 0 Å². The zero-order valence-corrected chi connectivity index (χ0v) is 8.12. The van der Waals surface area contributed by atoms with Crippen LogP contribution in [0.15, 0.2) is 24.9 Å². The van der Waals surface area contributed by atoms with Crippen molar-refractivity contribution in [3.8, 4) is 0 Å². The van der Waals surface area contributed by atoms with Crippen LogP contribution in [0.1, 0.15) is 21.6 Å². The molecule has 0 fully saturated rings. The third kappa shape index (κ3) is 2.20. The molecule has 1 N–H and O–H groups in total. The number of methoxy groups -OCH3 is 1. The molecule has 3 nitrogen and oxygen atoms in total. The van der Waals surface area contributed by atoms with Crippen molar-refractivity contribution in [1.29, 1.82) is 0 Å². The third-order valence-electron chi connectivity index (χ3n) is 1.87. The fourth-order valence-electron chi connectivity index (χ4n) is 1.21. The maximum absolute atomic E-state index is 10.7. The van der Waals surface area contributed by atoms with Gasteiger partial charge in [0.2, 0.25) is 0 Å². The standard InChI is InChI=1S/C11H13NO2/c1-3-4-5-11-10(8-14-2)9(7-13)6-12-11/h3-7,12H,1,8H2,2H3/b5-4-. The van der Waals surface area contributed by atoms with Crippen LogP contribution in [0.3, 0.4) is 0 Å². The zero-order chi connectivity index (χ0) is 10.4. The molecule has 1 rings (SSSR count). The second-order valence-electron chi connectivity index (χ2n) is 2.78. The largest absolute Gasteiger partial charge is 0.380 e. The molecule has 0 aliphatic rings. The minimum atomic E-state index is 0.425. The van der Waals surface area contributed by atoms with Gasteiger partial charge in [0.1, 0.15) is 0 Å². The van der Waals surface area contributed by atoms with Crippen LogP contribution in [0, 0.1) is 0 Å². The maximum atomic E-state index is 10.7. The number of aromatic nitrogens is 1. The number of ether oxygens (including phenoxy) is 1. The Kier molecular flexibility index (Phi) is 3.88. The average molecular weight is 191 g/mol. The molecule has 0 spiro atoms. The summed E-state index contributed by atoms with van der Waals surface area (Å²) in [6, 6.07) is 0. The van der Waals surface area contributed by atoms with Gasteiger partial charge in [-0.15, -0.1) is 0 Å². The minimum Gasteiger partial charge on any atom is -0.380 e. The normalized spacial score (nSPS) is 10.6. The summed E-state index contributed by atoms with van der Waals surface area (Å²) in [5, 5.41) is 0. The second-order valence-corrected chi connectivity index (χ2v) is 2.78. The highest BCUT2D eigenvalue weighted by Gasteiger charge is 2.07. The molecule has 1 aromatic heterocycles. The van der Waals surface area contributed by atoms with Gasteiger partial charge in [0.25, 0.3) is 0 Å². The van der Waals surface area contributed by atoms with Gasteiger partial charge in [-0.05, 0) is 6.08 Å². The predicted molar refractivity (Wildman–Crippen MR) is 56.1 cm³/mol. The van der Waals surface area contributed by atoms with E-state index in [1.807, 2.05) is 6.08 Å². The lowest BCUT2D eigenvalue weighted by atomic mass is 10.1. The van der Waals surface area contributed by atoms with Gasteiger partial charge in [-0.25, -0.2) is 0 Å². The molecular formula is C11H13NO2. The molecule has 0 radical (unpaired) electrons. The molecule has 0 saturated heterocycles. The molecule has 14 heavy (non-hydrogen) atoms. The highest BCUT2D eigenvalue weighted by molar-refractivity contribution is 5.79. The van der Waals surface area contributed by atoms with E-state index in [4.69, 9.17) is 4.74 Å². The fraction of sp³-hybridized carbons (Fsp3) is 0.182. The van der Waals surface area contributed by atoms with Crippen LogP contribution in [0.25, 0.3) is 6.08 Å². The molecule has 0 saturated carbocycles. The first-order valence-corrected chi connectivity index (χ1v) is 4.27. The Labute approximate surface area is 83.1 Å². The number of allylic oxidation sites excluding steroid dienone is 2. The van der Waals surface area contributed by atoms with E-state index >= 15 is 0 Å². The Bertz CT molecular complexity index is 350. The van der Waals surface area contributed by atoms with Crippen molar-refractivity contribution < 1.29 is 9.53 Å². The lowest BCUT2D eigenvalue weighted by molar-refractivity contribution is 0.111. The number of rotatable bonds is 5. The summed E-state index contributed by atoms with van der Waals surface area (Å²) in [5.41, 5.74) is 2.39. The van der Waals surface area contributed by atoms with Crippen molar-refractivity contribution in [2.45, 2.75) is 6.61 Å². The number of H-pyrrole nitrogens is 1. The first-order valence-electron chi connectivity index (χ1n) is 4.27. The number of nitrogens with one attached hydrogen (secondary N) is 1. The van der Waals surface area contributed by atoms with E-state index in [-0.39, 0.29) is 0 Å². The second kappa shape index (κ2) is 5.19. The summed E-state index contributed by atoms with van der Waals surface area (Å²) in [4.78, 5) is 13.7. The molecule has 0 atom stereocenters. The van der Waals surface area contributed by atoms with Gasteiger partial charge < -0.3 is 9.72 Å². The number of carbonyl (C=O) groups is 1. The van der Waals surface area contributed by atoms with Gasteiger partial charge in [-0.3, -0.25) is 4.79 Å². The maximum Gasteiger partial charge on any atom is 0.151 e. The Morgan fingerprint density at radius 2 is 2.43 bits per heavy atom. The van der Waals surface area contributed by atoms with E-state index in [1.165, 1.54) is 0 Å². The Hall–Kier alpha value is -1.61. The van der Waals surface area contributed by atoms with Gasteiger partial charge in [0.05, 0.1) is 6.61 Å². The molecule has 3 heteroatoms. The van der Waals surface area contributed by atoms with E-state index in [0.29, 0.717) is 12.2 Å². The topological polar surface area (TPSA) is 42.1 Å². The fourth-order valence-corrected chi connectivity index (χ4v) is 1.21. The van der Waals surface area contributed by atoms with E-state index in [0.717, 1.165) is 17.5 Å². The van der Waals surface area contributed by atoms with Gasteiger partial charge in [-0.2, -0.15) is 0 Å². The molecule has 0 amide bonds. The highest BCUT2D eigenvalue weighted by atomic mass is 16.5. The highest BCUT2D eigenvalue weighted by Crippen LogP contribution is 2.15. The number of hydrogen-bond acceptors (Lipinski definition) is 2. The monoisotopic (exact) mass is 191 g/mol. The summed E-state index contributed by atoms with van der Waals surface area (Å²) >= 11 is 0. The van der Waals surface area contributed by atoms with Crippen LogP contribution >= 0.6 is 0 Å². The molecule has 0 unspecified atom stereocenters. The van der Waals surface area contributed by atoms with E-state index in [9.17, 15) is 4.79 Å². The van der Waals surface area contributed by atoms with Crippen LogP contribution in [0.5, 0.6) is 0 Å². The van der Waals surface area contributed by atoms with Crippen molar-refractivity contribution in [1.82, 2.24) is 4.98 Å². The van der Waals surface area contributed by atoms with Crippen LogP contribution in [-0.2, 0) is 11.3 Å². The number of carbonyl (C=O) groups excluding carboxylic acids is 1. The SMILES string of the molecule is C=C/C=C\c1[nH]cc(C=O)c1COC. The number of hydrogen-bond donors (Lipinski definition) is 1. The number of aromatic amines is 1.